The molecule has 2 aromatic rings. The number of hydrogen-bond acceptors (Lipinski definition) is 6. The SMILES string of the molecule is CCCCOC(=O)C(C(=O)CN1C(=O)c2ccccc2C1=O)=C(S)c1ccccc1C. The van der Waals surface area contributed by atoms with E-state index in [1.807, 2.05) is 26.0 Å². The number of fused-ring (bicyclic) bond motifs is 1. The first-order valence-electron chi connectivity index (χ1n) is 10.0. The van der Waals surface area contributed by atoms with Gasteiger partial charge in [-0.2, -0.15) is 0 Å². The lowest BCUT2D eigenvalue weighted by molar-refractivity contribution is -0.140. The van der Waals surface area contributed by atoms with Gasteiger partial charge in [0.2, 0.25) is 0 Å². The number of ketones is 1. The molecular formula is C24H23NO5S. The number of carbonyl (C=O) groups is 4. The fourth-order valence-corrected chi connectivity index (χ4v) is 3.77. The van der Waals surface area contributed by atoms with Gasteiger partial charge in [0, 0.05) is 4.91 Å². The Bertz CT molecular complexity index is 1050. The van der Waals surface area contributed by atoms with Gasteiger partial charge < -0.3 is 4.74 Å². The number of ether oxygens (including phenoxy) is 1. The van der Waals surface area contributed by atoms with E-state index in [0.717, 1.165) is 16.9 Å². The number of carbonyl (C=O) groups excluding carboxylic acids is 4. The first kappa shape index (κ1) is 22.5. The Hall–Kier alpha value is -3.19. The van der Waals surface area contributed by atoms with E-state index in [-0.39, 0.29) is 28.2 Å². The summed E-state index contributed by atoms with van der Waals surface area (Å²) in [7, 11) is 0. The van der Waals surface area contributed by atoms with Gasteiger partial charge in [-0.15, -0.1) is 12.6 Å². The van der Waals surface area contributed by atoms with Gasteiger partial charge in [-0.25, -0.2) is 4.79 Å². The van der Waals surface area contributed by atoms with Crippen LogP contribution in [0.3, 0.4) is 0 Å². The van der Waals surface area contributed by atoms with Crippen molar-refractivity contribution in [1.82, 2.24) is 4.90 Å². The molecule has 0 fully saturated rings. The van der Waals surface area contributed by atoms with Crippen molar-refractivity contribution < 1.29 is 23.9 Å². The second kappa shape index (κ2) is 9.75. The van der Waals surface area contributed by atoms with Crippen LogP contribution >= 0.6 is 12.6 Å². The van der Waals surface area contributed by atoms with Gasteiger partial charge in [-0.05, 0) is 36.6 Å². The third-order valence-corrected chi connectivity index (χ3v) is 5.50. The standard InChI is InChI=1S/C24H23NO5S/c1-3-4-13-30-24(29)20(21(31)16-10-6-5-9-15(16)2)19(26)14-25-22(27)17-11-7-8-12-18(17)23(25)28/h5-12,31H,3-4,13-14H2,1-2H3. The Kier molecular flexibility index (Phi) is 7.07. The maximum Gasteiger partial charge on any atom is 0.343 e. The minimum atomic E-state index is -0.816. The molecule has 0 radical (unpaired) electrons. The van der Waals surface area contributed by atoms with Crippen LogP contribution in [0.25, 0.3) is 4.91 Å². The molecule has 160 valence electrons. The van der Waals surface area contributed by atoms with Crippen LogP contribution in [0.15, 0.2) is 54.1 Å². The molecule has 0 bridgehead atoms. The Morgan fingerprint density at radius 1 is 0.968 bits per heavy atom. The largest absolute Gasteiger partial charge is 0.462 e. The highest BCUT2D eigenvalue weighted by Crippen LogP contribution is 2.28. The molecule has 31 heavy (non-hydrogen) atoms. The fraction of sp³-hybridized carbons (Fsp3) is 0.250. The molecule has 1 aliphatic rings. The summed E-state index contributed by atoms with van der Waals surface area (Å²) in [5.74, 6) is -2.65. The molecule has 0 atom stereocenters. The fourth-order valence-electron chi connectivity index (χ4n) is 3.30. The molecule has 6 nitrogen and oxygen atoms in total. The predicted molar refractivity (Wildman–Crippen MR) is 120 cm³/mol. The monoisotopic (exact) mass is 437 g/mol. The average Bonchev–Trinajstić information content (AvgIpc) is 2.99. The van der Waals surface area contributed by atoms with Crippen LogP contribution in [-0.2, 0) is 14.3 Å². The second-order valence-corrected chi connectivity index (χ2v) is 7.64. The molecular weight excluding hydrogens is 414 g/mol. The number of aryl methyl sites for hydroxylation is 1. The predicted octanol–water partition coefficient (Wildman–Crippen LogP) is 3.84. The van der Waals surface area contributed by atoms with Gasteiger partial charge in [0.05, 0.1) is 24.3 Å². The molecule has 2 amide bonds. The molecule has 3 rings (SSSR count). The summed E-state index contributed by atoms with van der Waals surface area (Å²) in [5.41, 5.74) is 1.62. The molecule has 0 N–H and O–H groups in total. The number of esters is 1. The van der Waals surface area contributed by atoms with E-state index in [1.165, 1.54) is 12.1 Å². The minimum Gasteiger partial charge on any atom is -0.462 e. The molecule has 0 unspecified atom stereocenters. The van der Waals surface area contributed by atoms with Gasteiger partial charge in [0.25, 0.3) is 11.8 Å². The quantitative estimate of drug-likeness (QED) is 0.129. The van der Waals surface area contributed by atoms with Gasteiger partial charge in [0.1, 0.15) is 5.57 Å². The zero-order valence-corrected chi connectivity index (χ0v) is 18.3. The van der Waals surface area contributed by atoms with Gasteiger partial charge in [-0.1, -0.05) is 49.7 Å². The lowest BCUT2D eigenvalue weighted by Gasteiger charge is -2.16. The Morgan fingerprint density at radius 3 is 2.13 bits per heavy atom. The third-order valence-electron chi connectivity index (χ3n) is 5.03. The summed E-state index contributed by atoms with van der Waals surface area (Å²) in [5, 5.41) is 0. The molecule has 2 aromatic carbocycles. The van der Waals surface area contributed by atoms with Gasteiger partial charge in [-0.3, -0.25) is 19.3 Å². The number of Topliss-reactive ketones (excluding diaryl/α,β-unsaturated/α-hetero) is 1. The Labute approximate surface area is 186 Å². The smallest absolute Gasteiger partial charge is 0.343 e. The molecule has 1 heterocycles. The van der Waals surface area contributed by atoms with E-state index >= 15 is 0 Å². The van der Waals surface area contributed by atoms with E-state index in [9.17, 15) is 19.2 Å². The number of hydrogen-bond donors (Lipinski definition) is 1. The number of benzene rings is 2. The number of nitrogens with zero attached hydrogens (tertiary/aromatic N) is 1. The van der Waals surface area contributed by atoms with Crippen LogP contribution in [-0.4, -0.2) is 41.6 Å². The highest BCUT2D eigenvalue weighted by atomic mass is 32.1. The zero-order valence-electron chi connectivity index (χ0n) is 17.4. The zero-order chi connectivity index (χ0) is 22.5. The molecule has 1 aliphatic heterocycles. The van der Waals surface area contributed by atoms with E-state index in [4.69, 9.17) is 4.74 Å². The van der Waals surface area contributed by atoms with E-state index in [2.05, 4.69) is 12.6 Å². The Balaban J connectivity index is 1.94. The summed E-state index contributed by atoms with van der Waals surface area (Å²) >= 11 is 4.47. The van der Waals surface area contributed by atoms with Crippen LogP contribution in [0.5, 0.6) is 0 Å². The first-order chi connectivity index (χ1) is 14.9. The Morgan fingerprint density at radius 2 is 1.55 bits per heavy atom. The van der Waals surface area contributed by atoms with Gasteiger partial charge >= 0.3 is 5.97 Å². The first-order valence-corrected chi connectivity index (χ1v) is 10.5. The number of thiol groups is 1. The lowest BCUT2D eigenvalue weighted by Crippen LogP contribution is -2.37. The summed E-state index contributed by atoms with van der Waals surface area (Å²) < 4.78 is 5.27. The maximum absolute atomic E-state index is 13.2. The molecule has 0 spiro atoms. The van der Waals surface area contributed by atoms with Crippen LogP contribution in [0.2, 0.25) is 0 Å². The topological polar surface area (TPSA) is 80.8 Å². The summed E-state index contributed by atoms with van der Waals surface area (Å²) in [6.45, 7) is 3.38. The van der Waals surface area contributed by atoms with Gasteiger partial charge in [0.15, 0.2) is 5.78 Å². The molecule has 7 heteroatoms. The van der Waals surface area contributed by atoms with Crippen LogP contribution in [0, 0.1) is 6.92 Å². The van der Waals surface area contributed by atoms with Crippen molar-refractivity contribution in [3.8, 4) is 0 Å². The van der Waals surface area contributed by atoms with Crippen molar-refractivity contribution in [3.05, 3.63) is 76.4 Å². The van der Waals surface area contributed by atoms with E-state index < -0.39 is 30.1 Å². The average molecular weight is 438 g/mol. The number of imide groups is 1. The second-order valence-electron chi connectivity index (χ2n) is 7.19. The van der Waals surface area contributed by atoms with Crippen molar-refractivity contribution >= 4 is 41.1 Å². The van der Waals surface area contributed by atoms with E-state index in [0.29, 0.717) is 12.0 Å². The third kappa shape index (κ3) is 4.61. The number of amides is 2. The van der Waals surface area contributed by atoms with Crippen molar-refractivity contribution in [2.24, 2.45) is 0 Å². The summed E-state index contributed by atoms with van der Waals surface area (Å²) in [4.78, 5) is 52.3. The minimum absolute atomic E-state index is 0.154. The summed E-state index contributed by atoms with van der Waals surface area (Å²) in [6, 6.07) is 13.5. The molecule has 0 saturated heterocycles. The maximum atomic E-state index is 13.2. The van der Waals surface area contributed by atoms with Crippen LogP contribution in [0.1, 0.15) is 51.6 Å². The number of unbranched alkanes of at least 4 members (excludes halogenated alkanes) is 1. The van der Waals surface area contributed by atoms with Crippen LogP contribution < -0.4 is 0 Å². The van der Waals surface area contributed by atoms with Crippen LogP contribution in [0.4, 0.5) is 0 Å². The van der Waals surface area contributed by atoms with Crippen molar-refractivity contribution in [2.45, 2.75) is 26.7 Å². The van der Waals surface area contributed by atoms with Crippen molar-refractivity contribution in [2.75, 3.05) is 13.2 Å². The number of rotatable bonds is 8. The van der Waals surface area contributed by atoms with Crippen molar-refractivity contribution in [1.29, 1.82) is 0 Å². The van der Waals surface area contributed by atoms with Crippen molar-refractivity contribution in [3.63, 3.8) is 0 Å². The summed E-state index contributed by atoms with van der Waals surface area (Å²) in [6.07, 6.45) is 1.47. The molecule has 0 aliphatic carbocycles. The molecule has 0 saturated carbocycles. The lowest BCUT2D eigenvalue weighted by atomic mass is 10.0. The van der Waals surface area contributed by atoms with E-state index in [1.54, 1.807) is 24.3 Å². The molecule has 0 aromatic heterocycles. The normalized spacial score (nSPS) is 13.7. The highest BCUT2D eigenvalue weighted by Gasteiger charge is 2.38. The highest BCUT2D eigenvalue weighted by molar-refractivity contribution is 7.90.